The van der Waals surface area contributed by atoms with Crippen LogP contribution < -0.4 is 5.48 Å². The van der Waals surface area contributed by atoms with Crippen LogP contribution in [0.2, 0.25) is 0 Å². The molecule has 0 aromatic heterocycles. The fourth-order valence-electron chi connectivity index (χ4n) is 1.87. The number of benzene rings is 2. The highest BCUT2D eigenvalue weighted by Crippen LogP contribution is 2.26. The van der Waals surface area contributed by atoms with Crippen LogP contribution in [-0.2, 0) is 16.2 Å². The zero-order valence-electron chi connectivity index (χ0n) is 11.2. The molecule has 0 saturated heterocycles. The van der Waals surface area contributed by atoms with Crippen LogP contribution in [0, 0.1) is 12.3 Å². The molecule has 0 bridgehead atoms. The molecule has 4 heteroatoms. The summed E-state index contributed by atoms with van der Waals surface area (Å²) in [5.74, 6) is 3.05. The molecular formula is C16H15NO2S. The van der Waals surface area contributed by atoms with Crippen LogP contribution in [0.4, 0.5) is 0 Å². The molecule has 0 saturated carbocycles. The first kappa shape index (κ1) is 14.4. The lowest BCUT2D eigenvalue weighted by molar-refractivity contribution is -0.132. The van der Waals surface area contributed by atoms with Crippen molar-refractivity contribution in [2.45, 2.75) is 18.4 Å². The molecule has 0 atom stereocenters. The van der Waals surface area contributed by atoms with Crippen molar-refractivity contribution in [2.24, 2.45) is 0 Å². The van der Waals surface area contributed by atoms with Crippen LogP contribution >= 0.6 is 11.8 Å². The van der Waals surface area contributed by atoms with E-state index in [2.05, 4.69) is 29.6 Å². The van der Waals surface area contributed by atoms with Gasteiger partial charge in [-0.25, -0.2) is 5.48 Å². The lowest BCUT2D eigenvalue weighted by Gasteiger charge is -2.09. The summed E-state index contributed by atoms with van der Waals surface area (Å²) in [6.07, 6.45) is 5.28. The Morgan fingerprint density at radius 1 is 1.40 bits per heavy atom. The largest absolute Gasteiger partial charge is 0.273 e. The molecular weight excluding hydrogens is 270 g/mol. The Labute approximate surface area is 122 Å². The smallest absolute Gasteiger partial charge is 0.240 e. The first-order chi connectivity index (χ1) is 9.70. The van der Waals surface area contributed by atoms with Crippen molar-refractivity contribution < 1.29 is 9.63 Å². The SMILES string of the molecule is C#CCSc1ccc2cccc(CONC(C)=O)c2c1. The number of nitrogens with one attached hydrogen (secondary N) is 1. The van der Waals surface area contributed by atoms with Gasteiger partial charge in [-0.3, -0.25) is 9.63 Å². The minimum Gasteiger partial charge on any atom is -0.273 e. The predicted molar refractivity (Wildman–Crippen MR) is 82.1 cm³/mol. The number of thioether (sulfide) groups is 1. The van der Waals surface area contributed by atoms with Crippen molar-refractivity contribution in [3.05, 3.63) is 42.0 Å². The van der Waals surface area contributed by atoms with Gasteiger partial charge in [-0.2, -0.15) is 0 Å². The molecule has 20 heavy (non-hydrogen) atoms. The van der Waals surface area contributed by atoms with Crippen molar-refractivity contribution in [3.63, 3.8) is 0 Å². The number of amides is 1. The Morgan fingerprint density at radius 3 is 3.00 bits per heavy atom. The van der Waals surface area contributed by atoms with Gasteiger partial charge in [0.1, 0.15) is 6.61 Å². The van der Waals surface area contributed by atoms with E-state index in [1.54, 1.807) is 11.8 Å². The second-order valence-corrected chi connectivity index (χ2v) is 5.29. The lowest BCUT2D eigenvalue weighted by atomic mass is 10.1. The average Bonchev–Trinajstić information content (AvgIpc) is 2.45. The van der Waals surface area contributed by atoms with Gasteiger partial charge in [-0.05, 0) is 28.5 Å². The zero-order valence-corrected chi connectivity index (χ0v) is 12.0. The number of fused-ring (bicyclic) bond motifs is 1. The van der Waals surface area contributed by atoms with Gasteiger partial charge in [0.05, 0.1) is 5.75 Å². The number of terminal acetylenes is 1. The third kappa shape index (κ3) is 3.77. The van der Waals surface area contributed by atoms with Gasteiger partial charge < -0.3 is 0 Å². The molecule has 2 aromatic carbocycles. The maximum absolute atomic E-state index is 10.8. The van der Waals surface area contributed by atoms with Crippen LogP contribution in [0.3, 0.4) is 0 Å². The molecule has 0 aliphatic rings. The van der Waals surface area contributed by atoms with E-state index in [0.717, 1.165) is 21.2 Å². The molecule has 2 aromatic rings. The molecule has 0 fully saturated rings. The predicted octanol–water partition coefficient (Wildman–Crippen LogP) is 3.13. The van der Waals surface area contributed by atoms with E-state index in [9.17, 15) is 4.79 Å². The normalized spacial score (nSPS) is 10.2. The van der Waals surface area contributed by atoms with E-state index >= 15 is 0 Å². The fraction of sp³-hybridized carbons (Fsp3) is 0.188. The minimum atomic E-state index is -0.212. The third-order valence-corrected chi connectivity index (χ3v) is 3.61. The minimum absolute atomic E-state index is 0.212. The van der Waals surface area contributed by atoms with Crippen molar-refractivity contribution in [1.29, 1.82) is 0 Å². The molecule has 0 aliphatic heterocycles. The van der Waals surface area contributed by atoms with E-state index < -0.39 is 0 Å². The first-order valence-corrected chi connectivity index (χ1v) is 7.15. The lowest BCUT2D eigenvalue weighted by Crippen LogP contribution is -2.19. The molecule has 1 amide bonds. The van der Waals surface area contributed by atoms with E-state index in [1.165, 1.54) is 6.92 Å². The average molecular weight is 285 g/mol. The maximum atomic E-state index is 10.8. The van der Waals surface area contributed by atoms with E-state index in [-0.39, 0.29) is 5.91 Å². The summed E-state index contributed by atoms with van der Waals surface area (Å²) in [4.78, 5) is 17.1. The summed E-state index contributed by atoms with van der Waals surface area (Å²) in [5, 5.41) is 2.25. The Bertz CT molecular complexity index is 661. The van der Waals surface area contributed by atoms with E-state index in [0.29, 0.717) is 12.4 Å². The van der Waals surface area contributed by atoms with Gasteiger partial charge in [-0.1, -0.05) is 30.2 Å². The fourth-order valence-corrected chi connectivity index (χ4v) is 2.49. The van der Waals surface area contributed by atoms with Crippen LogP contribution in [0.25, 0.3) is 10.8 Å². The van der Waals surface area contributed by atoms with Gasteiger partial charge in [0, 0.05) is 11.8 Å². The number of hydrogen-bond acceptors (Lipinski definition) is 3. The van der Waals surface area contributed by atoms with Crippen molar-refractivity contribution >= 4 is 28.4 Å². The Hall–Kier alpha value is -1.96. The van der Waals surface area contributed by atoms with E-state index in [1.807, 2.05) is 18.2 Å². The first-order valence-electron chi connectivity index (χ1n) is 6.17. The van der Waals surface area contributed by atoms with Crippen molar-refractivity contribution in [2.75, 3.05) is 5.75 Å². The Kier molecular flexibility index (Phi) is 5.05. The second-order valence-electron chi connectivity index (χ2n) is 4.24. The third-order valence-electron chi connectivity index (χ3n) is 2.71. The van der Waals surface area contributed by atoms with Gasteiger partial charge in [-0.15, -0.1) is 18.2 Å². The summed E-state index contributed by atoms with van der Waals surface area (Å²) in [6.45, 7) is 1.75. The molecule has 0 radical (unpaired) electrons. The highest BCUT2D eigenvalue weighted by molar-refractivity contribution is 7.99. The number of carbonyl (C=O) groups excluding carboxylic acids is 1. The van der Waals surface area contributed by atoms with Gasteiger partial charge >= 0.3 is 0 Å². The Morgan fingerprint density at radius 2 is 2.25 bits per heavy atom. The summed E-state index contributed by atoms with van der Waals surface area (Å²) in [5.41, 5.74) is 3.36. The molecule has 3 nitrogen and oxygen atoms in total. The topological polar surface area (TPSA) is 38.3 Å². The van der Waals surface area contributed by atoms with Gasteiger partial charge in [0.2, 0.25) is 5.91 Å². The zero-order chi connectivity index (χ0) is 14.4. The maximum Gasteiger partial charge on any atom is 0.240 e. The molecule has 1 N–H and O–H groups in total. The van der Waals surface area contributed by atoms with Crippen LogP contribution in [0.5, 0.6) is 0 Å². The molecule has 0 unspecified atom stereocenters. The van der Waals surface area contributed by atoms with Crippen LogP contribution in [0.15, 0.2) is 41.3 Å². The van der Waals surface area contributed by atoms with Crippen molar-refractivity contribution in [3.8, 4) is 12.3 Å². The summed E-state index contributed by atoms with van der Waals surface area (Å²) < 4.78 is 0. The molecule has 102 valence electrons. The number of hydroxylamine groups is 1. The van der Waals surface area contributed by atoms with Crippen LogP contribution in [-0.4, -0.2) is 11.7 Å². The number of rotatable bonds is 5. The standard InChI is InChI=1S/C16H15NO2S/c1-3-9-20-15-8-7-13-5-4-6-14(16(13)10-15)11-19-17-12(2)18/h1,4-8,10H,9,11H2,2H3,(H,17,18). The Balaban J connectivity index is 2.24. The molecule has 0 heterocycles. The molecule has 2 rings (SSSR count). The molecule has 0 spiro atoms. The number of carbonyl (C=O) groups is 1. The van der Waals surface area contributed by atoms with Gasteiger partial charge in [0.25, 0.3) is 0 Å². The molecule has 0 aliphatic carbocycles. The van der Waals surface area contributed by atoms with E-state index in [4.69, 9.17) is 11.3 Å². The van der Waals surface area contributed by atoms with Crippen molar-refractivity contribution in [1.82, 2.24) is 5.48 Å². The highest BCUT2D eigenvalue weighted by atomic mass is 32.2. The summed E-state index contributed by atoms with van der Waals surface area (Å²) in [7, 11) is 0. The second kappa shape index (κ2) is 6.99. The van der Waals surface area contributed by atoms with Gasteiger partial charge in [0.15, 0.2) is 0 Å². The highest BCUT2D eigenvalue weighted by Gasteiger charge is 2.03. The van der Waals surface area contributed by atoms with Crippen LogP contribution in [0.1, 0.15) is 12.5 Å². The monoisotopic (exact) mass is 285 g/mol. The number of hydrogen-bond donors (Lipinski definition) is 1. The quantitative estimate of drug-likeness (QED) is 0.521. The summed E-state index contributed by atoms with van der Waals surface area (Å²) in [6, 6.07) is 12.2. The summed E-state index contributed by atoms with van der Waals surface area (Å²) >= 11 is 1.63.